The van der Waals surface area contributed by atoms with Crippen molar-refractivity contribution < 1.29 is 9.59 Å². The quantitative estimate of drug-likeness (QED) is 0.724. The summed E-state index contributed by atoms with van der Waals surface area (Å²) in [6.07, 6.45) is 0. The van der Waals surface area contributed by atoms with E-state index >= 15 is 0 Å². The van der Waals surface area contributed by atoms with Gasteiger partial charge in [-0.2, -0.15) is 5.26 Å². The number of para-hydroxylation sites is 1. The van der Waals surface area contributed by atoms with Crippen LogP contribution in [0.4, 0.5) is 5.69 Å². The van der Waals surface area contributed by atoms with E-state index in [1.807, 2.05) is 0 Å². The second kappa shape index (κ2) is 5.51. The van der Waals surface area contributed by atoms with Crippen LogP contribution in [0.2, 0.25) is 0 Å². The van der Waals surface area contributed by atoms with Gasteiger partial charge in [-0.25, -0.2) is 0 Å². The Labute approximate surface area is 93.1 Å². The largest absolute Gasteiger partial charge is 0.358 e. The van der Waals surface area contributed by atoms with Crippen molar-refractivity contribution in [2.45, 2.75) is 0 Å². The molecule has 5 heteroatoms. The van der Waals surface area contributed by atoms with Crippen LogP contribution in [0, 0.1) is 17.2 Å². The van der Waals surface area contributed by atoms with Crippen LogP contribution in [0.1, 0.15) is 0 Å². The first-order chi connectivity index (χ1) is 7.69. The zero-order valence-electron chi connectivity index (χ0n) is 8.73. The number of anilines is 1. The molecule has 1 aromatic rings. The molecule has 0 aliphatic carbocycles. The number of nitrogens with one attached hydrogen (secondary N) is 2. The van der Waals surface area contributed by atoms with Crippen LogP contribution in [0.25, 0.3) is 0 Å². The van der Waals surface area contributed by atoms with Gasteiger partial charge in [0.05, 0.1) is 6.07 Å². The molecule has 82 valence electrons. The van der Waals surface area contributed by atoms with Crippen LogP contribution in [-0.2, 0) is 9.59 Å². The van der Waals surface area contributed by atoms with E-state index in [1.54, 1.807) is 36.4 Å². The molecule has 0 heterocycles. The molecule has 1 rings (SSSR count). The molecule has 16 heavy (non-hydrogen) atoms. The van der Waals surface area contributed by atoms with Crippen LogP contribution in [0.5, 0.6) is 0 Å². The van der Waals surface area contributed by atoms with Crippen molar-refractivity contribution in [3.63, 3.8) is 0 Å². The molecule has 2 amide bonds. The summed E-state index contributed by atoms with van der Waals surface area (Å²) in [5.74, 6) is -2.57. The molecule has 0 radical (unpaired) electrons. The van der Waals surface area contributed by atoms with E-state index in [0.717, 1.165) is 0 Å². The maximum absolute atomic E-state index is 11.5. The first-order valence-corrected chi connectivity index (χ1v) is 4.66. The lowest BCUT2D eigenvalue weighted by atomic mass is 10.1. The topological polar surface area (TPSA) is 82.0 Å². The zero-order chi connectivity index (χ0) is 12.0. The average molecular weight is 217 g/mol. The van der Waals surface area contributed by atoms with Gasteiger partial charge in [-0.3, -0.25) is 9.59 Å². The van der Waals surface area contributed by atoms with Gasteiger partial charge < -0.3 is 10.6 Å². The van der Waals surface area contributed by atoms with Crippen LogP contribution in [0.3, 0.4) is 0 Å². The minimum Gasteiger partial charge on any atom is -0.358 e. The number of nitrogens with zero attached hydrogens (tertiary/aromatic N) is 1. The highest BCUT2D eigenvalue weighted by molar-refractivity contribution is 6.08. The number of nitriles is 1. The standard InChI is InChI=1S/C11H11N3O2/c1-13-10(15)9(7-12)11(16)14-8-5-3-2-4-6-8/h2-6,9H,1H3,(H,13,15)(H,14,16). The molecule has 0 fully saturated rings. The summed E-state index contributed by atoms with van der Waals surface area (Å²) in [4.78, 5) is 22.7. The number of benzene rings is 1. The Balaban J connectivity index is 2.72. The lowest BCUT2D eigenvalue weighted by molar-refractivity contribution is -0.129. The van der Waals surface area contributed by atoms with Crippen molar-refractivity contribution in [3.05, 3.63) is 30.3 Å². The summed E-state index contributed by atoms with van der Waals surface area (Å²) in [6, 6.07) is 10.3. The average Bonchev–Trinajstić information content (AvgIpc) is 2.31. The smallest absolute Gasteiger partial charge is 0.251 e. The summed E-state index contributed by atoms with van der Waals surface area (Å²) in [7, 11) is 1.38. The second-order valence-electron chi connectivity index (χ2n) is 3.03. The van der Waals surface area contributed by atoms with Gasteiger partial charge in [-0.05, 0) is 12.1 Å². The number of carbonyl (C=O) groups is 2. The van der Waals surface area contributed by atoms with E-state index in [0.29, 0.717) is 5.69 Å². The van der Waals surface area contributed by atoms with Gasteiger partial charge in [0.25, 0.3) is 5.91 Å². The highest BCUT2D eigenvalue weighted by atomic mass is 16.2. The van der Waals surface area contributed by atoms with Gasteiger partial charge >= 0.3 is 0 Å². The lowest BCUT2D eigenvalue weighted by Gasteiger charge is -2.08. The van der Waals surface area contributed by atoms with Gasteiger partial charge in [0.2, 0.25) is 11.8 Å². The van der Waals surface area contributed by atoms with Crippen molar-refractivity contribution >= 4 is 17.5 Å². The van der Waals surface area contributed by atoms with Crippen LogP contribution < -0.4 is 10.6 Å². The molecule has 0 aliphatic rings. The van der Waals surface area contributed by atoms with Crippen LogP contribution in [0.15, 0.2) is 30.3 Å². The fraction of sp³-hybridized carbons (Fsp3) is 0.182. The number of hydrogen-bond donors (Lipinski definition) is 2. The van der Waals surface area contributed by atoms with Gasteiger partial charge in [0, 0.05) is 12.7 Å². The Morgan fingerprint density at radius 2 is 1.88 bits per heavy atom. The number of hydrogen-bond acceptors (Lipinski definition) is 3. The van der Waals surface area contributed by atoms with E-state index in [1.165, 1.54) is 7.05 Å². The molecule has 0 spiro atoms. The second-order valence-corrected chi connectivity index (χ2v) is 3.03. The molecule has 2 N–H and O–H groups in total. The maximum atomic E-state index is 11.5. The van der Waals surface area contributed by atoms with Crippen molar-refractivity contribution in [3.8, 4) is 6.07 Å². The Morgan fingerprint density at radius 3 is 2.38 bits per heavy atom. The summed E-state index contributed by atoms with van der Waals surface area (Å²) < 4.78 is 0. The number of amides is 2. The third kappa shape index (κ3) is 2.82. The molecule has 1 atom stereocenters. The third-order valence-electron chi connectivity index (χ3n) is 1.94. The van der Waals surface area contributed by atoms with Gasteiger partial charge in [-0.15, -0.1) is 0 Å². The zero-order valence-corrected chi connectivity index (χ0v) is 8.73. The van der Waals surface area contributed by atoms with Crippen molar-refractivity contribution in [1.82, 2.24) is 5.32 Å². The molecule has 0 saturated carbocycles. The maximum Gasteiger partial charge on any atom is 0.251 e. The van der Waals surface area contributed by atoms with Crippen molar-refractivity contribution in [2.24, 2.45) is 5.92 Å². The fourth-order valence-corrected chi connectivity index (χ4v) is 1.12. The Hall–Kier alpha value is -2.35. The third-order valence-corrected chi connectivity index (χ3v) is 1.94. The van der Waals surface area contributed by atoms with Crippen LogP contribution in [-0.4, -0.2) is 18.9 Å². The van der Waals surface area contributed by atoms with E-state index in [4.69, 9.17) is 5.26 Å². The predicted molar refractivity (Wildman–Crippen MR) is 58.2 cm³/mol. The van der Waals surface area contributed by atoms with Gasteiger partial charge in [0.1, 0.15) is 0 Å². The minimum absolute atomic E-state index is 0.552. The Morgan fingerprint density at radius 1 is 1.25 bits per heavy atom. The fourth-order valence-electron chi connectivity index (χ4n) is 1.12. The summed E-state index contributed by atoms with van der Waals surface area (Å²) >= 11 is 0. The lowest BCUT2D eigenvalue weighted by Crippen LogP contribution is -2.35. The van der Waals surface area contributed by atoms with Crippen molar-refractivity contribution in [1.29, 1.82) is 5.26 Å². The molecular weight excluding hydrogens is 206 g/mol. The SMILES string of the molecule is CNC(=O)C(C#N)C(=O)Nc1ccccc1. The molecular formula is C11H11N3O2. The van der Waals surface area contributed by atoms with E-state index in [-0.39, 0.29) is 0 Å². The molecule has 0 aromatic heterocycles. The highest BCUT2D eigenvalue weighted by Gasteiger charge is 2.25. The Kier molecular flexibility index (Phi) is 4.04. The highest BCUT2D eigenvalue weighted by Crippen LogP contribution is 2.07. The van der Waals surface area contributed by atoms with E-state index in [9.17, 15) is 9.59 Å². The van der Waals surface area contributed by atoms with Gasteiger partial charge in [0.15, 0.2) is 0 Å². The normalized spacial score (nSPS) is 11.0. The Bertz CT molecular complexity index is 423. The molecule has 5 nitrogen and oxygen atoms in total. The number of rotatable bonds is 3. The first-order valence-electron chi connectivity index (χ1n) is 4.66. The predicted octanol–water partition coefficient (Wildman–Crippen LogP) is 0.511. The first kappa shape index (κ1) is 11.7. The monoisotopic (exact) mass is 217 g/mol. The summed E-state index contributed by atoms with van der Waals surface area (Å²) in [6.45, 7) is 0. The molecule has 1 unspecified atom stereocenters. The van der Waals surface area contributed by atoms with Crippen molar-refractivity contribution in [2.75, 3.05) is 12.4 Å². The van der Waals surface area contributed by atoms with E-state index in [2.05, 4.69) is 10.6 Å². The number of carbonyl (C=O) groups excluding carboxylic acids is 2. The molecule has 1 aromatic carbocycles. The molecule has 0 aliphatic heterocycles. The summed E-state index contributed by atoms with van der Waals surface area (Å²) in [5.41, 5.74) is 0.552. The molecule has 0 bridgehead atoms. The minimum atomic E-state index is -1.33. The van der Waals surface area contributed by atoms with Gasteiger partial charge in [-0.1, -0.05) is 18.2 Å². The van der Waals surface area contributed by atoms with E-state index < -0.39 is 17.7 Å². The molecule has 0 saturated heterocycles. The van der Waals surface area contributed by atoms with Crippen LogP contribution >= 0.6 is 0 Å². The summed E-state index contributed by atoms with van der Waals surface area (Å²) in [5, 5.41) is 13.5.